The highest BCUT2D eigenvalue weighted by molar-refractivity contribution is 6.30. The molecule has 1 aromatic rings. The first-order valence-electron chi connectivity index (χ1n) is 5.28. The predicted octanol–water partition coefficient (Wildman–Crippen LogP) is 1.27. The molecule has 1 heterocycles. The van der Waals surface area contributed by atoms with Gasteiger partial charge in [-0.15, -0.1) is 0 Å². The molecule has 18 heavy (non-hydrogen) atoms. The zero-order valence-electron chi connectivity index (χ0n) is 9.30. The van der Waals surface area contributed by atoms with E-state index in [0.717, 1.165) is 4.90 Å². The van der Waals surface area contributed by atoms with E-state index >= 15 is 0 Å². The normalized spacial score (nSPS) is 17.1. The summed E-state index contributed by atoms with van der Waals surface area (Å²) in [6, 6.07) is 5.04. The molecule has 0 aromatic heterocycles. The maximum atomic E-state index is 11.6. The maximum Gasteiger partial charge on any atom is 0.331 e. The standard InChI is InChI=1S/C12H10ClNO4/c13-8-3-1-7(2-4-8)11(12(17)18)14-6-9(15)5-10(14)16/h1-4,11H,5-6H2,(H,17,18). The third-order valence-electron chi connectivity index (χ3n) is 2.75. The number of carbonyl (C=O) groups is 3. The van der Waals surface area contributed by atoms with Crippen LogP contribution >= 0.6 is 11.6 Å². The van der Waals surface area contributed by atoms with Crippen molar-refractivity contribution in [1.82, 2.24) is 4.90 Å². The Labute approximate surface area is 108 Å². The fourth-order valence-electron chi connectivity index (χ4n) is 1.94. The molecule has 1 amide bonds. The number of aliphatic carboxylic acids is 1. The van der Waals surface area contributed by atoms with Gasteiger partial charge in [-0.1, -0.05) is 23.7 Å². The Hall–Kier alpha value is -1.88. The van der Waals surface area contributed by atoms with Gasteiger partial charge in [-0.25, -0.2) is 4.79 Å². The Morgan fingerprint density at radius 3 is 2.33 bits per heavy atom. The number of Topliss-reactive ketones (excluding diaryl/α,β-unsaturated/α-hetero) is 1. The van der Waals surface area contributed by atoms with Crippen molar-refractivity contribution in [3.63, 3.8) is 0 Å². The highest BCUT2D eigenvalue weighted by atomic mass is 35.5. The molecule has 2 rings (SSSR count). The number of carbonyl (C=O) groups excluding carboxylic acids is 2. The van der Waals surface area contributed by atoms with Crippen molar-refractivity contribution in [3.8, 4) is 0 Å². The van der Waals surface area contributed by atoms with Crippen molar-refractivity contribution < 1.29 is 19.5 Å². The Kier molecular flexibility index (Phi) is 3.34. The summed E-state index contributed by atoms with van der Waals surface area (Å²) in [6.07, 6.45) is -0.225. The summed E-state index contributed by atoms with van der Waals surface area (Å²) in [6.45, 7) is -0.154. The van der Waals surface area contributed by atoms with Gasteiger partial charge in [0.25, 0.3) is 0 Å². The molecule has 0 radical (unpaired) electrons. The lowest BCUT2D eigenvalue weighted by Gasteiger charge is -2.23. The van der Waals surface area contributed by atoms with Crippen LogP contribution in [0.15, 0.2) is 24.3 Å². The Morgan fingerprint density at radius 1 is 1.28 bits per heavy atom. The summed E-state index contributed by atoms with van der Waals surface area (Å²) in [5.41, 5.74) is 0.426. The Bertz CT molecular complexity index is 511. The second-order valence-corrected chi connectivity index (χ2v) is 4.47. The lowest BCUT2D eigenvalue weighted by Crippen LogP contribution is -2.35. The van der Waals surface area contributed by atoms with E-state index in [2.05, 4.69) is 0 Å². The summed E-state index contributed by atoms with van der Waals surface area (Å²) in [7, 11) is 0. The molecule has 0 saturated carbocycles. The number of rotatable bonds is 3. The summed E-state index contributed by atoms with van der Waals surface area (Å²) in [5, 5.41) is 9.70. The van der Waals surface area contributed by atoms with Gasteiger partial charge in [0.1, 0.15) is 0 Å². The van der Waals surface area contributed by atoms with Gasteiger partial charge >= 0.3 is 5.97 Å². The van der Waals surface area contributed by atoms with Gasteiger partial charge in [0, 0.05) is 5.02 Å². The molecule has 1 atom stereocenters. The smallest absolute Gasteiger partial charge is 0.331 e. The summed E-state index contributed by atoms with van der Waals surface area (Å²) >= 11 is 5.73. The lowest BCUT2D eigenvalue weighted by atomic mass is 10.1. The minimum Gasteiger partial charge on any atom is -0.479 e. The first kappa shape index (κ1) is 12.6. The molecule has 1 saturated heterocycles. The number of halogens is 1. The minimum atomic E-state index is -1.17. The topological polar surface area (TPSA) is 74.7 Å². The van der Waals surface area contributed by atoms with Crippen LogP contribution in [0.25, 0.3) is 0 Å². The van der Waals surface area contributed by atoms with Gasteiger partial charge < -0.3 is 10.0 Å². The maximum absolute atomic E-state index is 11.6. The van der Waals surface area contributed by atoms with Crippen molar-refractivity contribution in [2.24, 2.45) is 0 Å². The second-order valence-electron chi connectivity index (χ2n) is 4.03. The van der Waals surface area contributed by atoms with Crippen molar-refractivity contribution in [2.45, 2.75) is 12.5 Å². The van der Waals surface area contributed by atoms with Gasteiger partial charge in [0.05, 0.1) is 13.0 Å². The number of carboxylic acid groups (broad SMARTS) is 1. The van der Waals surface area contributed by atoms with Gasteiger partial charge in [-0.2, -0.15) is 0 Å². The SMILES string of the molecule is O=C1CC(=O)N(C(C(=O)O)c2ccc(Cl)cc2)C1. The van der Waals surface area contributed by atoms with Gasteiger partial charge in [0.2, 0.25) is 5.91 Å². The minimum absolute atomic E-state index is 0.154. The van der Waals surface area contributed by atoms with Gasteiger partial charge in [0.15, 0.2) is 11.8 Å². The van der Waals surface area contributed by atoms with Crippen LogP contribution in [0.5, 0.6) is 0 Å². The van der Waals surface area contributed by atoms with Crippen LogP contribution in [0.2, 0.25) is 5.02 Å². The molecule has 0 aliphatic carbocycles. The van der Waals surface area contributed by atoms with E-state index in [1.165, 1.54) is 12.1 Å². The molecule has 6 heteroatoms. The molecule has 1 aromatic carbocycles. The Morgan fingerprint density at radius 2 is 1.89 bits per heavy atom. The molecule has 1 N–H and O–H groups in total. The summed E-state index contributed by atoms with van der Waals surface area (Å²) in [5.74, 6) is -1.89. The zero-order chi connectivity index (χ0) is 13.3. The van der Waals surface area contributed by atoms with Crippen LogP contribution < -0.4 is 0 Å². The number of ketones is 1. The second kappa shape index (κ2) is 4.78. The Balaban J connectivity index is 2.34. The molecular formula is C12H10ClNO4. The molecular weight excluding hydrogens is 258 g/mol. The molecule has 5 nitrogen and oxygen atoms in total. The molecule has 0 bridgehead atoms. The van der Waals surface area contributed by atoms with Crippen LogP contribution in [0, 0.1) is 0 Å². The van der Waals surface area contributed by atoms with Crippen LogP contribution in [0.4, 0.5) is 0 Å². The first-order valence-corrected chi connectivity index (χ1v) is 5.66. The third kappa shape index (κ3) is 2.36. The number of hydrogen-bond acceptors (Lipinski definition) is 3. The zero-order valence-corrected chi connectivity index (χ0v) is 10.1. The molecule has 1 unspecified atom stereocenters. The quantitative estimate of drug-likeness (QED) is 0.837. The van der Waals surface area contributed by atoms with Gasteiger partial charge in [-0.05, 0) is 17.7 Å². The fraction of sp³-hybridized carbons (Fsp3) is 0.250. The highest BCUT2D eigenvalue weighted by Crippen LogP contribution is 2.26. The van der Waals surface area contributed by atoms with E-state index in [-0.39, 0.29) is 18.7 Å². The van der Waals surface area contributed by atoms with E-state index < -0.39 is 17.9 Å². The van der Waals surface area contributed by atoms with Gasteiger partial charge in [-0.3, -0.25) is 9.59 Å². The van der Waals surface area contributed by atoms with E-state index in [0.29, 0.717) is 10.6 Å². The first-order chi connectivity index (χ1) is 8.49. The van der Waals surface area contributed by atoms with E-state index in [4.69, 9.17) is 11.6 Å². The fourth-order valence-corrected chi connectivity index (χ4v) is 2.07. The van der Waals surface area contributed by atoms with E-state index in [1.54, 1.807) is 12.1 Å². The van der Waals surface area contributed by atoms with Crippen molar-refractivity contribution in [3.05, 3.63) is 34.9 Å². The third-order valence-corrected chi connectivity index (χ3v) is 3.00. The average Bonchev–Trinajstić information content (AvgIpc) is 2.61. The largest absolute Gasteiger partial charge is 0.479 e. The number of carboxylic acids is 1. The number of nitrogens with zero attached hydrogens (tertiary/aromatic N) is 1. The highest BCUT2D eigenvalue weighted by Gasteiger charge is 2.37. The number of benzene rings is 1. The lowest BCUT2D eigenvalue weighted by molar-refractivity contribution is -0.148. The molecule has 0 spiro atoms. The predicted molar refractivity (Wildman–Crippen MR) is 63.2 cm³/mol. The summed E-state index contributed by atoms with van der Waals surface area (Å²) < 4.78 is 0. The van der Waals surface area contributed by atoms with Crippen LogP contribution in [-0.4, -0.2) is 34.2 Å². The monoisotopic (exact) mass is 267 g/mol. The van der Waals surface area contributed by atoms with E-state index in [1.807, 2.05) is 0 Å². The number of likely N-dealkylation sites (tertiary alicyclic amines) is 1. The molecule has 94 valence electrons. The number of hydrogen-bond donors (Lipinski definition) is 1. The molecule has 1 aliphatic rings. The van der Waals surface area contributed by atoms with Crippen LogP contribution in [0.3, 0.4) is 0 Å². The van der Waals surface area contributed by atoms with Crippen molar-refractivity contribution >= 4 is 29.3 Å². The average molecular weight is 268 g/mol. The van der Waals surface area contributed by atoms with Crippen LogP contribution in [-0.2, 0) is 14.4 Å². The van der Waals surface area contributed by atoms with Crippen LogP contribution in [0.1, 0.15) is 18.0 Å². The summed E-state index contributed by atoms with van der Waals surface area (Å²) in [4.78, 5) is 35.1. The number of amides is 1. The van der Waals surface area contributed by atoms with Crippen molar-refractivity contribution in [1.29, 1.82) is 0 Å². The molecule has 1 fully saturated rings. The molecule has 1 aliphatic heterocycles. The van der Waals surface area contributed by atoms with E-state index in [9.17, 15) is 19.5 Å². The van der Waals surface area contributed by atoms with Crippen molar-refractivity contribution in [2.75, 3.05) is 6.54 Å².